The van der Waals surface area contributed by atoms with Crippen molar-refractivity contribution in [3.8, 4) is 17.1 Å². The summed E-state index contributed by atoms with van der Waals surface area (Å²) in [6.07, 6.45) is 3.42. The summed E-state index contributed by atoms with van der Waals surface area (Å²) in [5.74, 6) is 1.40. The second-order valence-electron chi connectivity index (χ2n) is 7.72. The van der Waals surface area contributed by atoms with Crippen molar-refractivity contribution < 1.29 is 9.53 Å². The number of ether oxygens (including phenoxy) is 1. The number of halogens is 1. The number of hydrogen-bond donors (Lipinski definition) is 2. The molecule has 2 aromatic heterocycles. The molecule has 2 N–H and O–H groups in total. The molecule has 1 unspecified atom stereocenters. The number of aromatic nitrogens is 4. The molecule has 0 radical (unpaired) electrons. The van der Waals surface area contributed by atoms with Gasteiger partial charge in [0.2, 0.25) is 5.95 Å². The van der Waals surface area contributed by atoms with Gasteiger partial charge in [-0.05, 0) is 48.9 Å². The number of hydrogen-bond acceptors (Lipinski definition) is 6. The molecule has 0 bridgehead atoms. The Morgan fingerprint density at radius 1 is 1.12 bits per heavy atom. The van der Waals surface area contributed by atoms with Crippen molar-refractivity contribution >= 4 is 33.5 Å². The Kier molecular flexibility index (Phi) is 5.85. The van der Waals surface area contributed by atoms with Crippen molar-refractivity contribution in [3.63, 3.8) is 0 Å². The van der Waals surface area contributed by atoms with E-state index >= 15 is 0 Å². The van der Waals surface area contributed by atoms with E-state index in [0.29, 0.717) is 34.5 Å². The molecule has 0 fully saturated rings. The molecular weight excluding hydrogens is 496 g/mol. The zero-order valence-corrected chi connectivity index (χ0v) is 20.1. The van der Waals surface area contributed by atoms with Gasteiger partial charge in [0.05, 0.1) is 18.4 Å². The molecule has 4 aromatic rings. The molecule has 1 amide bonds. The van der Waals surface area contributed by atoms with Crippen molar-refractivity contribution in [2.45, 2.75) is 13.0 Å². The lowest BCUT2D eigenvalue weighted by atomic mass is 9.95. The molecule has 1 aliphatic rings. The summed E-state index contributed by atoms with van der Waals surface area (Å²) in [5, 5.41) is 11.0. The quantitative estimate of drug-likeness (QED) is 0.386. The standard InChI is InChI=1S/C25H21BrN6O2/c1-15-21(24(33)29-19-7-3-4-8-20(19)34-2)22(16-9-11-18(26)12-10-16)32-25(28-15)30-23(31-32)17-6-5-13-27-14-17/h3-14,22H,1-2H3,(H,29,33)(H,28,30,31). The van der Waals surface area contributed by atoms with Crippen LogP contribution in [0.3, 0.4) is 0 Å². The van der Waals surface area contributed by atoms with Crippen LogP contribution in [0.2, 0.25) is 0 Å². The summed E-state index contributed by atoms with van der Waals surface area (Å²) in [5.41, 5.74) is 3.50. The number of benzene rings is 2. The Morgan fingerprint density at radius 3 is 2.65 bits per heavy atom. The van der Waals surface area contributed by atoms with Gasteiger partial charge in [-0.25, -0.2) is 4.68 Å². The van der Waals surface area contributed by atoms with Crippen LogP contribution in [0.1, 0.15) is 18.5 Å². The number of carbonyl (C=O) groups excluding carboxylic acids is 1. The molecule has 0 saturated carbocycles. The molecule has 0 saturated heterocycles. The summed E-state index contributed by atoms with van der Waals surface area (Å²) in [4.78, 5) is 22.5. The smallest absolute Gasteiger partial charge is 0.255 e. The molecule has 8 nitrogen and oxygen atoms in total. The Bertz CT molecular complexity index is 1380. The number of nitrogens with one attached hydrogen (secondary N) is 2. The second kappa shape index (κ2) is 9.11. The number of allylic oxidation sites excluding steroid dienone is 1. The van der Waals surface area contributed by atoms with Crippen molar-refractivity contribution in [1.29, 1.82) is 0 Å². The average Bonchev–Trinajstić information content (AvgIpc) is 3.28. The zero-order valence-electron chi connectivity index (χ0n) is 18.5. The van der Waals surface area contributed by atoms with E-state index in [1.165, 1.54) is 0 Å². The van der Waals surface area contributed by atoms with Gasteiger partial charge in [-0.1, -0.05) is 40.2 Å². The van der Waals surface area contributed by atoms with Crippen molar-refractivity contribution in [1.82, 2.24) is 19.7 Å². The fourth-order valence-electron chi connectivity index (χ4n) is 3.95. The number of para-hydroxylation sites is 2. The van der Waals surface area contributed by atoms with Crippen molar-refractivity contribution in [2.24, 2.45) is 0 Å². The number of carbonyl (C=O) groups is 1. The number of methoxy groups -OCH3 is 1. The van der Waals surface area contributed by atoms with Crippen LogP contribution in [0.15, 0.2) is 88.8 Å². The monoisotopic (exact) mass is 516 g/mol. The third-order valence-corrected chi connectivity index (χ3v) is 6.09. The molecular formula is C25H21BrN6O2. The number of anilines is 2. The van der Waals surface area contributed by atoms with Crippen molar-refractivity contribution in [3.05, 3.63) is 94.4 Å². The van der Waals surface area contributed by atoms with E-state index in [-0.39, 0.29) is 5.91 Å². The van der Waals surface area contributed by atoms with E-state index in [0.717, 1.165) is 15.6 Å². The highest BCUT2D eigenvalue weighted by atomic mass is 79.9. The first-order valence-electron chi connectivity index (χ1n) is 10.6. The van der Waals surface area contributed by atoms with Crippen LogP contribution in [0.25, 0.3) is 11.4 Å². The SMILES string of the molecule is COc1ccccc1NC(=O)C1=C(C)Nc2nc(-c3cccnc3)nn2C1c1ccc(Br)cc1. The van der Waals surface area contributed by atoms with Crippen LogP contribution in [0.5, 0.6) is 5.75 Å². The molecule has 1 atom stereocenters. The fraction of sp³-hybridized carbons (Fsp3) is 0.120. The van der Waals surface area contributed by atoms with Crippen LogP contribution in [-0.2, 0) is 4.79 Å². The van der Waals surface area contributed by atoms with Gasteiger partial charge >= 0.3 is 0 Å². The third kappa shape index (κ3) is 4.06. The molecule has 2 aromatic carbocycles. The Balaban J connectivity index is 1.60. The molecule has 0 spiro atoms. The number of rotatable bonds is 5. The van der Waals surface area contributed by atoms with Gasteiger partial charge in [-0.3, -0.25) is 9.78 Å². The lowest BCUT2D eigenvalue weighted by Crippen LogP contribution is -2.31. The molecule has 34 heavy (non-hydrogen) atoms. The van der Waals surface area contributed by atoms with Gasteiger partial charge < -0.3 is 15.4 Å². The lowest BCUT2D eigenvalue weighted by molar-refractivity contribution is -0.113. The van der Waals surface area contributed by atoms with Gasteiger partial charge in [0.1, 0.15) is 11.8 Å². The van der Waals surface area contributed by atoms with E-state index in [9.17, 15) is 4.79 Å². The maximum atomic E-state index is 13.6. The van der Waals surface area contributed by atoms with Gasteiger partial charge in [-0.2, -0.15) is 4.98 Å². The van der Waals surface area contributed by atoms with Crippen LogP contribution in [0, 0.1) is 0 Å². The molecule has 3 heterocycles. The minimum atomic E-state index is -0.489. The summed E-state index contributed by atoms with van der Waals surface area (Å²) < 4.78 is 8.10. The van der Waals surface area contributed by atoms with Gasteiger partial charge in [-0.15, -0.1) is 5.10 Å². The molecule has 0 aliphatic carbocycles. The lowest BCUT2D eigenvalue weighted by Gasteiger charge is -2.29. The predicted molar refractivity (Wildman–Crippen MR) is 133 cm³/mol. The zero-order chi connectivity index (χ0) is 23.7. The molecule has 170 valence electrons. The fourth-order valence-corrected chi connectivity index (χ4v) is 4.22. The van der Waals surface area contributed by atoms with E-state index in [2.05, 4.69) is 36.5 Å². The highest BCUT2D eigenvalue weighted by Crippen LogP contribution is 2.37. The third-order valence-electron chi connectivity index (χ3n) is 5.56. The number of pyridine rings is 1. The van der Waals surface area contributed by atoms with Crippen LogP contribution in [-0.4, -0.2) is 32.8 Å². The van der Waals surface area contributed by atoms with Crippen LogP contribution >= 0.6 is 15.9 Å². The Labute approximate surface area is 204 Å². The Morgan fingerprint density at radius 2 is 1.91 bits per heavy atom. The van der Waals surface area contributed by atoms with Gasteiger partial charge in [0, 0.05) is 28.1 Å². The number of nitrogens with zero attached hydrogens (tertiary/aromatic N) is 4. The first-order valence-corrected chi connectivity index (χ1v) is 11.4. The van der Waals surface area contributed by atoms with Crippen LogP contribution in [0.4, 0.5) is 11.6 Å². The number of fused-ring (bicyclic) bond motifs is 1. The summed E-state index contributed by atoms with van der Waals surface area (Å²) >= 11 is 3.49. The molecule has 9 heteroatoms. The van der Waals surface area contributed by atoms with E-state index < -0.39 is 6.04 Å². The summed E-state index contributed by atoms with van der Waals surface area (Å²) in [7, 11) is 1.57. The minimum Gasteiger partial charge on any atom is -0.495 e. The van der Waals surface area contributed by atoms with Gasteiger partial charge in [0.15, 0.2) is 5.82 Å². The largest absolute Gasteiger partial charge is 0.495 e. The Hall–Kier alpha value is -3.98. The minimum absolute atomic E-state index is 0.258. The predicted octanol–water partition coefficient (Wildman–Crippen LogP) is 5.04. The highest BCUT2D eigenvalue weighted by molar-refractivity contribution is 9.10. The first kappa shape index (κ1) is 21.8. The molecule has 5 rings (SSSR count). The topological polar surface area (TPSA) is 94.0 Å². The average molecular weight is 517 g/mol. The maximum Gasteiger partial charge on any atom is 0.255 e. The van der Waals surface area contributed by atoms with Crippen LogP contribution < -0.4 is 15.4 Å². The molecule has 1 aliphatic heterocycles. The number of amides is 1. The normalized spacial score (nSPS) is 14.9. The highest BCUT2D eigenvalue weighted by Gasteiger charge is 2.34. The first-order chi connectivity index (χ1) is 16.5. The van der Waals surface area contributed by atoms with E-state index in [1.807, 2.05) is 55.5 Å². The van der Waals surface area contributed by atoms with Gasteiger partial charge in [0.25, 0.3) is 5.91 Å². The van der Waals surface area contributed by atoms with E-state index in [4.69, 9.17) is 9.84 Å². The summed E-state index contributed by atoms with van der Waals surface area (Å²) in [6, 6.07) is 18.4. The van der Waals surface area contributed by atoms with Crippen molar-refractivity contribution in [2.75, 3.05) is 17.7 Å². The summed E-state index contributed by atoms with van der Waals surface area (Å²) in [6.45, 7) is 1.87. The maximum absolute atomic E-state index is 13.6. The second-order valence-corrected chi connectivity index (χ2v) is 8.63. The van der Waals surface area contributed by atoms with E-state index in [1.54, 1.807) is 36.3 Å².